The molecule has 0 heterocycles. The summed E-state index contributed by atoms with van der Waals surface area (Å²) in [5, 5.41) is 21.9. The van der Waals surface area contributed by atoms with Gasteiger partial charge < -0.3 is 25.6 Å². The highest BCUT2D eigenvalue weighted by atomic mass is 16.5. The molecule has 1 unspecified atom stereocenters. The van der Waals surface area contributed by atoms with E-state index in [4.69, 9.17) is 14.9 Å². The number of carboxylic acid groups (broad SMARTS) is 2. The average Bonchev–Trinajstić information content (AvgIpc) is 2.38. The Bertz CT molecular complexity index is 531. The first kappa shape index (κ1) is 16.4. The maximum absolute atomic E-state index is 11.7. The second kappa shape index (κ2) is 7.85. The molecule has 0 radical (unpaired) electrons. The maximum atomic E-state index is 11.7. The van der Waals surface area contributed by atoms with Gasteiger partial charge in [-0.05, 0) is 17.7 Å². The summed E-state index contributed by atoms with van der Waals surface area (Å²) in [6.07, 6.45) is -0.702. The van der Waals surface area contributed by atoms with Gasteiger partial charge in [-0.2, -0.15) is 0 Å². The Hall–Kier alpha value is -2.61. The molecule has 0 bridgehead atoms. The van der Waals surface area contributed by atoms with Crippen molar-refractivity contribution in [1.82, 2.24) is 5.32 Å². The van der Waals surface area contributed by atoms with E-state index in [0.717, 1.165) is 5.56 Å². The zero-order chi connectivity index (χ0) is 15.8. The van der Waals surface area contributed by atoms with Gasteiger partial charge in [-0.15, -0.1) is 0 Å². The topological polar surface area (TPSA) is 125 Å². The molecular weight excluding hydrogens is 280 g/mol. The highest BCUT2D eigenvalue weighted by molar-refractivity contribution is 5.93. The number of carbonyl (C=O) groups excluding carboxylic acids is 1. The fraction of sp³-hybridized carbons (Fsp3) is 0.308. The van der Waals surface area contributed by atoms with E-state index >= 15 is 0 Å². The lowest BCUT2D eigenvalue weighted by molar-refractivity contribution is -0.145. The highest BCUT2D eigenvalue weighted by Gasteiger charge is 2.22. The predicted molar refractivity (Wildman–Crippen MR) is 73.0 cm³/mol. The number of hydrogen-bond donors (Lipinski definition) is 4. The van der Waals surface area contributed by atoms with E-state index in [1.165, 1.54) is 7.11 Å². The molecule has 8 nitrogen and oxygen atoms in total. The summed E-state index contributed by atoms with van der Waals surface area (Å²) in [6, 6.07) is 4.50. The number of ether oxygens (including phenoxy) is 1. The molecule has 0 aromatic heterocycles. The number of methoxy groups -OCH3 is 1. The van der Waals surface area contributed by atoms with Crippen LogP contribution < -0.4 is 10.6 Å². The minimum absolute atomic E-state index is 0.369. The Morgan fingerprint density at radius 2 is 2.00 bits per heavy atom. The fourth-order valence-electron chi connectivity index (χ4n) is 1.61. The van der Waals surface area contributed by atoms with Crippen molar-refractivity contribution in [1.29, 1.82) is 0 Å². The Morgan fingerprint density at radius 1 is 1.29 bits per heavy atom. The van der Waals surface area contributed by atoms with Crippen LogP contribution in [0.15, 0.2) is 24.3 Å². The van der Waals surface area contributed by atoms with E-state index in [1.807, 2.05) is 0 Å². The lowest BCUT2D eigenvalue weighted by Crippen LogP contribution is -2.44. The Labute approximate surface area is 120 Å². The van der Waals surface area contributed by atoms with Crippen LogP contribution in [-0.4, -0.2) is 41.3 Å². The molecule has 1 aromatic carbocycles. The first-order chi connectivity index (χ1) is 9.92. The zero-order valence-corrected chi connectivity index (χ0v) is 11.3. The Balaban J connectivity index is 2.65. The maximum Gasteiger partial charge on any atom is 0.326 e. The van der Waals surface area contributed by atoms with Crippen LogP contribution in [0.25, 0.3) is 0 Å². The van der Waals surface area contributed by atoms with Gasteiger partial charge in [0.15, 0.2) is 0 Å². The van der Waals surface area contributed by atoms with Crippen molar-refractivity contribution in [3.05, 3.63) is 29.8 Å². The molecule has 2 amide bonds. The van der Waals surface area contributed by atoms with Crippen LogP contribution in [0.5, 0.6) is 0 Å². The highest BCUT2D eigenvalue weighted by Crippen LogP contribution is 2.11. The van der Waals surface area contributed by atoms with Crippen LogP contribution in [0.1, 0.15) is 12.0 Å². The van der Waals surface area contributed by atoms with Gasteiger partial charge >= 0.3 is 18.0 Å². The van der Waals surface area contributed by atoms with Crippen molar-refractivity contribution in [2.75, 3.05) is 12.4 Å². The second-order valence-corrected chi connectivity index (χ2v) is 4.22. The lowest BCUT2D eigenvalue weighted by atomic mass is 10.2. The summed E-state index contributed by atoms with van der Waals surface area (Å²) in [5.41, 5.74) is 1.28. The number of aliphatic carboxylic acids is 2. The molecular formula is C13H16N2O6. The number of anilines is 1. The van der Waals surface area contributed by atoms with Gasteiger partial charge in [0.05, 0.1) is 13.0 Å². The van der Waals surface area contributed by atoms with E-state index in [1.54, 1.807) is 24.3 Å². The molecule has 21 heavy (non-hydrogen) atoms. The SMILES string of the molecule is COCc1cccc(NC(=O)NC(CC(=O)O)C(=O)O)c1. The molecule has 4 N–H and O–H groups in total. The molecule has 1 rings (SSSR count). The number of carbonyl (C=O) groups is 3. The third-order valence-corrected chi connectivity index (χ3v) is 2.48. The summed E-state index contributed by atoms with van der Waals surface area (Å²) in [4.78, 5) is 33.0. The van der Waals surface area contributed by atoms with Gasteiger partial charge in [0.1, 0.15) is 6.04 Å². The number of hydrogen-bond acceptors (Lipinski definition) is 4. The molecule has 8 heteroatoms. The van der Waals surface area contributed by atoms with Crippen LogP contribution in [0.2, 0.25) is 0 Å². The van der Waals surface area contributed by atoms with Gasteiger partial charge in [-0.3, -0.25) is 4.79 Å². The quantitative estimate of drug-likeness (QED) is 0.592. The molecule has 114 valence electrons. The number of rotatable bonds is 7. The van der Waals surface area contributed by atoms with Crippen molar-refractivity contribution >= 4 is 23.7 Å². The molecule has 0 spiro atoms. The van der Waals surface area contributed by atoms with Crippen LogP contribution >= 0.6 is 0 Å². The minimum Gasteiger partial charge on any atom is -0.481 e. The predicted octanol–water partition coefficient (Wildman–Crippen LogP) is 0.882. The number of carboxylic acids is 2. The first-order valence-corrected chi connectivity index (χ1v) is 6.02. The Morgan fingerprint density at radius 3 is 2.57 bits per heavy atom. The molecule has 0 saturated carbocycles. The van der Waals surface area contributed by atoms with Crippen molar-refractivity contribution in [3.63, 3.8) is 0 Å². The standard InChI is InChI=1S/C13H16N2O6/c1-21-7-8-3-2-4-9(5-8)14-13(20)15-10(12(18)19)6-11(16)17/h2-5,10H,6-7H2,1H3,(H,16,17)(H,18,19)(H2,14,15,20). The van der Waals surface area contributed by atoms with Crippen molar-refractivity contribution < 1.29 is 29.3 Å². The molecule has 1 aromatic rings. The van der Waals surface area contributed by atoms with Crippen LogP contribution in [0.3, 0.4) is 0 Å². The third-order valence-electron chi connectivity index (χ3n) is 2.48. The van der Waals surface area contributed by atoms with Crippen LogP contribution in [0.4, 0.5) is 10.5 Å². The number of nitrogens with one attached hydrogen (secondary N) is 2. The Kier molecular flexibility index (Phi) is 6.15. The smallest absolute Gasteiger partial charge is 0.326 e. The number of benzene rings is 1. The summed E-state index contributed by atoms with van der Waals surface area (Å²) < 4.78 is 4.96. The number of urea groups is 1. The van der Waals surface area contributed by atoms with E-state index in [-0.39, 0.29) is 0 Å². The van der Waals surface area contributed by atoms with Crippen LogP contribution in [-0.2, 0) is 20.9 Å². The van der Waals surface area contributed by atoms with Gasteiger partial charge in [-0.1, -0.05) is 12.1 Å². The molecule has 0 aliphatic carbocycles. The largest absolute Gasteiger partial charge is 0.481 e. The molecule has 0 aliphatic heterocycles. The summed E-state index contributed by atoms with van der Waals surface area (Å²) in [6.45, 7) is 0.369. The summed E-state index contributed by atoms with van der Waals surface area (Å²) >= 11 is 0. The third kappa shape index (κ3) is 5.91. The number of amides is 2. The normalized spacial score (nSPS) is 11.5. The van der Waals surface area contributed by atoms with E-state index < -0.39 is 30.4 Å². The van der Waals surface area contributed by atoms with E-state index in [2.05, 4.69) is 10.6 Å². The van der Waals surface area contributed by atoms with Gasteiger partial charge in [0.2, 0.25) is 0 Å². The molecule has 0 aliphatic rings. The summed E-state index contributed by atoms with van der Waals surface area (Å²) in [5.74, 6) is -2.73. The summed E-state index contributed by atoms with van der Waals surface area (Å²) in [7, 11) is 1.54. The first-order valence-electron chi connectivity index (χ1n) is 6.02. The molecule has 0 saturated heterocycles. The van der Waals surface area contributed by atoms with E-state index in [9.17, 15) is 14.4 Å². The van der Waals surface area contributed by atoms with E-state index in [0.29, 0.717) is 12.3 Å². The molecule has 1 atom stereocenters. The van der Waals surface area contributed by atoms with Crippen LogP contribution in [0, 0.1) is 0 Å². The van der Waals surface area contributed by atoms with Crippen molar-refractivity contribution in [3.8, 4) is 0 Å². The van der Waals surface area contributed by atoms with Crippen molar-refractivity contribution in [2.45, 2.75) is 19.1 Å². The zero-order valence-electron chi connectivity index (χ0n) is 11.3. The minimum atomic E-state index is -1.50. The van der Waals surface area contributed by atoms with Crippen molar-refractivity contribution in [2.24, 2.45) is 0 Å². The van der Waals surface area contributed by atoms with Gasteiger partial charge in [0.25, 0.3) is 0 Å². The second-order valence-electron chi connectivity index (χ2n) is 4.22. The van der Waals surface area contributed by atoms with Gasteiger partial charge in [0, 0.05) is 12.8 Å². The molecule has 0 fully saturated rings. The fourth-order valence-corrected chi connectivity index (χ4v) is 1.61. The lowest BCUT2D eigenvalue weighted by Gasteiger charge is -2.13. The monoisotopic (exact) mass is 296 g/mol. The average molecular weight is 296 g/mol. The van der Waals surface area contributed by atoms with Gasteiger partial charge in [-0.25, -0.2) is 9.59 Å².